The summed E-state index contributed by atoms with van der Waals surface area (Å²) in [6, 6.07) is 0. The molecule has 0 saturated carbocycles. The Labute approximate surface area is 196 Å². The number of Topliss-reactive ketones (excluding diaryl/α,β-unsaturated/α-hetero) is 2. The Bertz CT molecular complexity index is 715. The van der Waals surface area contributed by atoms with Gasteiger partial charge in [-0.3, -0.25) is 33.8 Å². The van der Waals surface area contributed by atoms with Crippen molar-refractivity contribution in [2.75, 3.05) is 58.6 Å². The van der Waals surface area contributed by atoms with Gasteiger partial charge in [-0.25, -0.2) is 0 Å². The van der Waals surface area contributed by atoms with Crippen molar-refractivity contribution >= 4 is 41.0 Å². The first-order valence-corrected chi connectivity index (χ1v) is 12.4. The molecular weight excluding hydrogens is 432 g/mol. The van der Waals surface area contributed by atoms with Crippen LogP contribution in [0.5, 0.6) is 0 Å². The van der Waals surface area contributed by atoms with Crippen molar-refractivity contribution in [3.63, 3.8) is 0 Å². The van der Waals surface area contributed by atoms with Crippen LogP contribution < -0.4 is 5.32 Å². The predicted octanol–water partition coefficient (Wildman–Crippen LogP) is 0.421. The van der Waals surface area contributed by atoms with Gasteiger partial charge in [0, 0.05) is 72.1 Å². The molecule has 9 nitrogen and oxygen atoms in total. The predicted molar refractivity (Wildman–Crippen MR) is 125 cm³/mol. The molecule has 0 radical (unpaired) electrons. The Morgan fingerprint density at radius 3 is 2.41 bits per heavy atom. The molecule has 0 aromatic heterocycles. The number of hydrogen-bond acceptors (Lipinski definition) is 8. The summed E-state index contributed by atoms with van der Waals surface area (Å²) in [6.45, 7) is 8.35. The van der Waals surface area contributed by atoms with Crippen molar-refractivity contribution in [3.05, 3.63) is 0 Å². The Kier molecular flexibility index (Phi) is 10.8. The highest BCUT2D eigenvalue weighted by molar-refractivity contribution is 8.00. The molecule has 3 amide bonds. The zero-order valence-electron chi connectivity index (χ0n) is 19.4. The Morgan fingerprint density at radius 1 is 1.16 bits per heavy atom. The van der Waals surface area contributed by atoms with Gasteiger partial charge in [0.25, 0.3) is 0 Å². The van der Waals surface area contributed by atoms with Crippen LogP contribution in [-0.4, -0.2) is 108 Å². The third kappa shape index (κ3) is 8.63. The van der Waals surface area contributed by atoms with E-state index in [-0.39, 0.29) is 48.3 Å². The zero-order chi connectivity index (χ0) is 23.7. The highest BCUT2D eigenvalue weighted by atomic mass is 32.2. The van der Waals surface area contributed by atoms with E-state index >= 15 is 0 Å². The second-order valence-electron chi connectivity index (χ2n) is 8.68. The molecule has 2 saturated heterocycles. The third-order valence-electron chi connectivity index (χ3n) is 6.07. The van der Waals surface area contributed by atoms with E-state index in [0.717, 1.165) is 39.1 Å². The molecule has 1 unspecified atom stereocenters. The summed E-state index contributed by atoms with van der Waals surface area (Å²) in [6.07, 6.45) is 1.88. The van der Waals surface area contributed by atoms with E-state index in [1.165, 1.54) is 30.6 Å². The van der Waals surface area contributed by atoms with Crippen molar-refractivity contribution in [3.8, 4) is 0 Å². The highest BCUT2D eigenvalue weighted by Crippen LogP contribution is 2.23. The molecule has 2 aliphatic rings. The topological polar surface area (TPSA) is 107 Å². The van der Waals surface area contributed by atoms with Crippen LogP contribution in [0.2, 0.25) is 0 Å². The largest absolute Gasteiger partial charge is 0.354 e. The molecule has 32 heavy (non-hydrogen) atoms. The van der Waals surface area contributed by atoms with Crippen molar-refractivity contribution < 1.29 is 25.4 Å². The van der Waals surface area contributed by atoms with Gasteiger partial charge in [-0.2, -0.15) is 0 Å². The van der Waals surface area contributed by atoms with Crippen LogP contribution in [0.1, 0.15) is 41.0 Å². The second-order valence-corrected chi connectivity index (χ2v) is 9.99. The van der Waals surface area contributed by atoms with Crippen LogP contribution in [0.4, 0.5) is 0 Å². The average molecular weight is 471 g/mol. The minimum atomic E-state index is -0.328. The van der Waals surface area contributed by atoms with Gasteiger partial charge in [0.1, 0.15) is 11.6 Å². The normalized spacial score (nSPS) is 21.1. The monoisotopic (exact) mass is 470 g/mol. The highest BCUT2D eigenvalue weighted by Gasteiger charge is 2.36. The summed E-state index contributed by atoms with van der Waals surface area (Å²) in [7, 11) is 1.50. The molecule has 1 N–H and O–H groups in total. The van der Waals surface area contributed by atoms with E-state index in [1.54, 1.807) is 6.92 Å². The third-order valence-corrected chi connectivity index (χ3v) is 7.28. The number of ketones is 2. The van der Waals surface area contributed by atoms with E-state index < -0.39 is 0 Å². The zero-order valence-corrected chi connectivity index (χ0v) is 20.2. The lowest BCUT2D eigenvalue weighted by Gasteiger charge is -2.34. The summed E-state index contributed by atoms with van der Waals surface area (Å²) in [5, 5.41) is 2.56. The minimum absolute atomic E-state index is 0. The molecule has 0 aromatic rings. The maximum Gasteiger partial charge on any atom is 0.242 e. The lowest BCUT2D eigenvalue weighted by atomic mass is 9.98. The Hall–Kier alpha value is -1.78. The van der Waals surface area contributed by atoms with Crippen LogP contribution in [0, 0.1) is 5.92 Å². The number of nitrogens with one attached hydrogen (secondary N) is 1. The number of carbonyl (C=O) groups excluding carboxylic acids is 5. The van der Waals surface area contributed by atoms with Crippen LogP contribution in [-0.2, 0) is 24.0 Å². The molecule has 2 atom stereocenters. The lowest BCUT2D eigenvalue weighted by molar-refractivity contribution is -0.136. The molecule has 0 aromatic carbocycles. The van der Waals surface area contributed by atoms with Crippen molar-refractivity contribution in [1.82, 2.24) is 20.0 Å². The van der Waals surface area contributed by atoms with E-state index in [1.807, 2.05) is 0 Å². The molecule has 0 spiro atoms. The second kappa shape index (κ2) is 13.1. The summed E-state index contributed by atoms with van der Waals surface area (Å²) in [5.74, 6) is 0.287. The van der Waals surface area contributed by atoms with E-state index in [2.05, 4.69) is 15.1 Å². The van der Waals surface area contributed by atoms with Gasteiger partial charge in [-0.05, 0) is 19.9 Å². The summed E-state index contributed by atoms with van der Waals surface area (Å²) in [4.78, 5) is 64.3. The molecule has 182 valence electrons. The van der Waals surface area contributed by atoms with Crippen molar-refractivity contribution in [1.29, 1.82) is 0 Å². The van der Waals surface area contributed by atoms with Gasteiger partial charge in [0.15, 0.2) is 0 Å². The Morgan fingerprint density at radius 2 is 1.81 bits per heavy atom. The first kappa shape index (κ1) is 26.5. The number of thioether (sulfide) groups is 1. The van der Waals surface area contributed by atoms with Crippen LogP contribution >= 0.6 is 11.8 Å². The summed E-state index contributed by atoms with van der Waals surface area (Å²) < 4.78 is 0. The maximum atomic E-state index is 12.2. The number of nitrogens with zero attached hydrogens (tertiary/aromatic N) is 3. The van der Waals surface area contributed by atoms with Crippen LogP contribution in [0.15, 0.2) is 0 Å². The van der Waals surface area contributed by atoms with Crippen molar-refractivity contribution in [2.45, 2.75) is 44.8 Å². The van der Waals surface area contributed by atoms with Crippen molar-refractivity contribution in [2.24, 2.45) is 5.92 Å². The van der Waals surface area contributed by atoms with E-state index in [9.17, 15) is 24.0 Å². The molecule has 10 heteroatoms. The summed E-state index contributed by atoms with van der Waals surface area (Å²) in [5.41, 5.74) is 0. The number of carbonyl (C=O) groups is 5. The van der Waals surface area contributed by atoms with E-state index in [0.29, 0.717) is 31.7 Å². The average Bonchev–Trinajstić information content (AvgIpc) is 2.99. The van der Waals surface area contributed by atoms with Gasteiger partial charge in [-0.15, -0.1) is 11.8 Å². The Balaban J connectivity index is 0.00000544. The van der Waals surface area contributed by atoms with Gasteiger partial charge in [0.05, 0.1) is 11.8 Å². The summed E-state index contributed by atoms with van der Waals surface area (Å²) >= 11 is 1.41. The van der Waals surface area contributed by atoms with Gasteiger partial charge < -0.3 is 10.2 Å². The quantitative estimate of drug-likeness (QED) is 0.305. The standard InChI is InChI=1S/C22H36N4O5S.H2/c1-16(17(2)27)13-18(28)5-4-7-25-8-10-26(11-9-25)15-20(29)23-6-12-32-19-14-21(30)24(3)22(19)31;/h16,19H,4-15H2,1-3H3,(H,23,29);1H/t16-,19?;/m1./s1. The van der Waals surface area contributed by atoms with Gasteiger partial charge >= 0.3 is 0 Å². The number of hydrogen-bond donors (Lipinski definition) is 1. The number of amides is 3. The smallest absolute Gasteiger partial charge is 0.242 e. The fourth-order valence-electron chi connectivity index (χ4n) is 3.76. The molecule has 0 aliphatic carbocycles. The molecule has 2 rings (SSSR count). The lowest BCUT2D eigenvalue weighted by Crippen LogP contribution is -2.49. The number of imide groups is 1. The van der Waals surface area contributed by atoms with Crippen LogP contribution in [0.25, 0.3) is 0 Å². The first-order chi connectivity index (χ1) is 15.2. The first-order valence-electron chi connectivity index (χ1n) is 11.3. The molecule has 2 fully saturated rings. The van der Waals surface area contributed by atoms with Gasteiger partial charge in [0.2, 0.25) is 17.7 Å². The molecule has 2 heterocycles. The van der Waals surface area contributed by atoms with Gasteiger partial charge in [-0.1, -0.05) is 6.92 Å². The molecular formula is C22H38N4O5S. The maximum absolute atomic E-state index is 12.2. The fourth-order valence-corrected chi connectivity index (χ4v) is 4.83. The number of likely N-dealkylation sites (tertiary alicyclic amines) is 1. The SMILES string of the molecule is CC(=O)[C@H](C)CC(=O)CCCN1CCN(CC(=O)NCCSC2CC(=O)N(C)C2=O)CC1.[HH]. The molecule has 2 aliphatic heterocycles. The number of rotatable bonds is 13. The fraction of sp³-hybridized carbons (Fsp3) is 0.773. The molecule has 0 bridgehead atoms. The minimum Gasteiger partial charge on any atom is -0.354 e. The number of piperazine rings is 1. The van der Waals surface area contributed by atoms with E-state index in [4.69, 9.17) is 0 Å². The van der Waals surface area contributed by atoms with Crippen LogP contribution in [0.3, 0.4) is 0 Å².